The molecule has 0 saturated heterocycles. The van der Waals surface area contributed by atoms with Crippen LogP contribution in [0.5, 0.6) is 0 Å². The molecule has 205 valence electrons. The molecular formula is C31H37Cl2N5V. The Balaban J connectivity index is 0.00000178. The molecule has 0 fully saturated rings. The summed E-state index contributed by atoms with van der Waals surface area (Å²) >= 11 is 0. The van der Waals surface area contributed by atoms with Crippen molar-refractivity contribution in [2.45, 2.75) is 78.3 Å². The first-order valence-electron chi connectivity index (χ1n) is 13.7. The number of pyridine rings is 1. The second-order valence-corrected chi connectivity index (χ2v) is 9.68. The predicted molar refractivity (Wildman–Crippen MR) is 150 cm³/mol. The van der Waals surface area contributed by atoms with Crippen LogP contribution in [0.4, 0.5) is 0 Å². The number of fused-ring (bicyclic) bond motifs is 2. The van der Waals surface area contributed by atoms with Gasteiger partial charge in [-0.15, -0.1) is 0 Å². The van der Waals surface area contributed by atoms with Gasteiger partial charge in [0.05, 0.1) is 22.1 Å². The average Bonchev–Trinajstić information content (AvgIpc) is 3.48. The first-order chi connectivity index (χ1) is 17.8. The van der Waals surface area contributed by atoms with Crippen LogP contribution in [0.2, 0.25) is 0 Å². The number of nitrogens with zero attached hydrogens (tertiary/aromatic N) is 5. The van der Waals surface area contributed by atoms with E-state index in [2.05, 4.69) is 89.7 Å². The third-order valence-corrected chi connectivity index (χ3v) is 6.99. The van der Waals surface area contributed by atoms with E-state index in [1.807, 2.05) is 0 Å². The summed E-state index contributed by atoms with van der Waals surface area (Å²) in [4.78, 5) is 15.2. The van der Waals surface area contributed by atoms with Gasteiger partial charge in [0, 0.05) is 13.1 Å². The second-order valence-electron chi connectivity index (χ2n) is 9.68. The summed E-state index contributed by atoms with van der Waals surface area (Å²) in [6.07, 6.45) is 9.77. The molecule has 2 aromatic carbocycles. The van der Waals surface area contributed by atoms with E-state index in [-0.39, 0.29) is 43.4 Å². The standard InChI is InChI=1S/C31H37N5.2ClH.V/c1-3-5-7-13-22-35-28-20-11-9-16-24(28)33-30(35)26-18-15-19-27(32-26)31-34-25-17-10-12-21-29(25)36(31)23-14-8-6-4-2;;;/h9-12,15-21H,3-8,13-14,22-23H2,1-2H3;2*1H;/q;;;+2/p-2. The largest absolute Gasteiger partial charge is 2.00 e. The average molecular weight is 602 g/mol. The van der Waals surface area contributed by atoms with Gasteiger partial charge in [0.2, 0.25) is 0 Å². The van der Waals surface area contributed by atoms with Crippen molar-refractivity contribution in [2.75, 3.05) is 0 Å². The number of unbranched alkanes of at least 4 members (excludes halogenated alkanes) is 6. The summed E-state index contributed by atoms with van der Waals surface area (Å²) in [6, 6.07) is 23.1. The van der Waals surface area contributed by atoms with Crippen molar-refractivity contribution in [3.05, 3.63) is 66.7 Å². The van der Waals surface area contributed by atoms with E-state index in [0.29, 0.717) is 0 Å². The molecule has 0 atom stereocenters. The van der Waals surface area contributed by atoms with Gasteiger partial charge in [-0.05, 0) is 49.2 Å². The van der Waals surface area contributed by atoms with Gasteiger partial charge in [-0.3, -0.25) is 0 Å². The van der Waals surface area contributed by atoms with Crippen molar-refractivity contribution < 1.29 is 43.4 Å². The smallest absolute Gasteiger partial charge is 1.00 e. The van der Waals surface area contributed by atoms with Crippen LogP contribution < -0.4 is 24.8 Å². The molecule has 0 saturated carbocycles. The molecule has 5 aromatic rings. The molecule has 3 heterocycles. The first kappa shape index (κ1) is 32.9. The zero-order chi connectivity index (χ0) is 24.7. The minimum Gasteiger partial charge on any atom is -1.00 e. The summed E-state index contributed by atoms with van der Waals surface area (Å²) in [5.74, 6) is 1.89. The van der Waals surface area contributed by atoms with Crippen molar-refractivity contribution in [1.29, 1.82) is 0 Å². The van der Waals surface area contributed by atoms with Crippen LogP contribution in [0, 0.1) is 0 Å². The van der Waals surface area contributed by atoms with Crippen LogP contribution in [0.25, 0.3) is 45.1 Å². The van der Waals surface area contributed by atoms with E-state index < -0.39 is 0 Å². The van der Waals surface area contributed by atoms with Crippen LogP contribution in [-0.2, 0) is 31.6 Å². The van der Waals surface area contributed by atoms with Gasteiger partial charge in [0.1, 0.15) is 11.4 Å². The molecule has 0 N–H and O–H groups in total. The fourth-order valence-electron chi connectivity index (χ4n) is 5.07. The number of aromatic nitrogens is 5. The van der Waals surface area contributed by atoms with Crippen molar-refractivity contribution in [3.8, 4) is 23.0 Å². The topological polar surface area (TPSA) is 48.5 Å². The molecule has 0 unspecified atom stereocenters. The van der Waals surface area contributed by atoms with Crippen LogP contribution >= 0.6 is 0 Å². The third kappa shape index (κ3) is 7.46. The maximum atomic E-state index is 5.15. The molecule has 3 aromatic heterocycles. The molecule has 0 spiro atoms. The quantitative estimate of drug-likeness (QED) is 0.207. The second kappa shape index (κ2) is 16.1. The zero-order valence-electron chi connectivity index (χ0n) is 22.9. The van der Waals surface area contributed by atoms with Gasteiger partial charge < -0.3 is 33.9 Å². The third-order valence-electron chi connectivity index (χ3n) is 6.99. The Bertz CT molecular complexity index is 1340. The van der Waals surface area contributed by atoms with Crippen LogP contribution in [0.3, 0.4) is 0 Å². The van der Waals surface area contributed by atoms with E-state index >= 15 is 0 Å². The van der Waals surface area contributed by atoms with E-state index in [0.717, 1.165) is 60.0 Å². The molecule has 0 amide bonds. The normalized spacial score (nSPS) is 10.7. The molecule has 5 rings (SSSR count). The number of para-hydroxylation sites is 4. The van der Waals surface area contributed by atoms with E-state index in [1.54, 1.807) is 0 Å². The minimum absolute atomic E-state index is 0. The summed E-state index contributed by atoms with van der Waals surface area (Å²) in [5, 5.41) is 0. The van der Waals surface area contributed by atoms with E-state index in [4.69, 9.17) is 15.0 Å². The number of hydrogen-bond acceptors (Lipinski definition) is 3. The van der Waals surface area contributed by atoms with Gasteiger partial charge >= 0.3 is 18.6 Å². The number of rotatable bonds is 12. The van der Waals surface area contributed by atoms with Crippen LogP contribution in [0.15, 0.2) is 66.7 Å². The molecule has 0 aliphatic carbocycles. The Labute approximate surface area is 256 Å². The zero-order valence-corrected chi connectivity index (χ0v) is 25.8. The van der Waals surface area contributed by atoms with Gasteiger partial charge in [-0.25, -0.2) is 15.0 Å². The van der Waals surface area contributed by atoms with Crippen molar-refractivity contribution in [3.63, 3.8) is 0 Å². The van der Waals surface area contributed by atoms with E-state index in [9.17, 15) is 0 Å². The monoisotopic (exact) mass is 600 g/mol. The first-order valence-corrected chi connectivity index (χ1v) is 13.7. The van der Waals surface area contributed by atoms with Gasteiger partial charge in [0.15, 0.2) is 11.6 Å². The fraction of sp³-hybridized carbons (Fsp3) is 0.387. The van der Waals surface area contributed by atoms with Crippen LogP contribution in [0.1, 0.15) is 65.2 Å². The van der Waals surface area contributed by atoms with E-state index in [1.165, 1.54) is 49.6 Å². The molecule has 5 nitrogen and oxygen atoms in total. The SMILES string of the molecule is CCCCCCn1c(-c2cccc(-c3nc4ccccc4n3CCCCCC)n2)nc2ccccc21.[Cl-].[Cl-].[V+2]. The van der Waals surface area contributed by atoms with Crippen molar-refractivity contribution in [1.82, 2.24) is 24.1 Å². The number of aryl methyl sites for hydroxylation is 2. The molecule has 39 heavy (non-hydrogen) atoms. The van der Waals surface area contributed by atoms with Gasteiger partial charge in [0.25, 0.3) is 0 Å². The molecule has 0 aliphatic rings. The van der Waals surface area contributed by atoms with Crippen molar-refractivity contribution in [2.24, 2.45) is 0 Å². The minimum atomic E-state index is 0. The number of halogens is 2. The number of imidazole rings is 2. The molecular weight excluding hydrogens is 564 g/mol. The summed E-state index contributed by atoms with van der Waals surface area (Å²) in [5.41, 5.74) is 6.23. The predicted octanol–water partition coefficient (Wildman–Crippen LogP) is 2.28. The Hall–Kier alpha value is -2.31. The molecule has 8 heteroatoms. The molecule has 0 bridgehead atoms. The van der Waals surface area contributed by atoms with Crippen LogP contribution in [-0.4, -0.2) is 24.1 Å². The fourth-order valence-corrected chi connectivity index (χ4v) is 5.07. The van der Waals surface area contributed by atoms with Crippen molar-refractivity contribution >= 4 is 22.1 Å². The van der Waals surface area contributed by atoms with Gasteiger partial charge in [-0.2, -0.15) is 0 Å². The molecule has 0 aliphatic heterocycles. The maximum Gasteiger partial charge on any atom is 2.00 e. The Kier molecular flexibility index (Phi) is 13.6. The summed E-state index contributed by atoms with van der Waals surface area (Å²) in [7, 11) is 0. The number of hydrogen-bond donors (Lipinski definition) is 0. The summed E-state index contributed by atoms with van der Waals surface area (Å²) in [6.45, 7) is 6.42. The Morgan fingerprint density at radius 2 is 0.949 bits per heavy atom. The Morgan fingerprint density at radius 1 is 0.513 bits per heavy atom. The number of benzene rings is 2. The summed E-state index contributed by atoms with van der Waals surface area (Å²) < 4.78 is 4.70. The maximum absolute atomic E-state index is 5.15. The molecule has 1 radical (unpaired) electrons. The Morgan fingerprint density at radius 3 is 1.38 bits per heavy atom. The van der Waals surface area contributed by atoms with Gasteiger partial charge in [-0.1, -0.05) is 82.7 Å².